The molecule has 5 heteroatoms. The second kappa shape index (κ2) is 6.24. The number of rotatable bonds is 4. The highest BCUT2D eigenvalue weighted by molar-refractivity contribution is 5.30. The van der Waals surface area contributed by atoms with Crippen molar-refractivity contribution in [2.75, 3.05) is 5.32 Å². The first-order chi connectivity index (χ1) is 10.2. The number of nitrogens with one attached hydrogen (secondary N) is 1. The molecule has 1 aromatic heterocycles. The summed E-state index contributed by atoms with van der Waals surface area (Å²) < 4.78 is 28.3. The predicted molar refractivity (Wildman–Crippen MR) is 78.0 cm³/mol. The van der Waals surface area contributed by atoms with Crippen molar-refractivity contribution in [3.63, 3.8) is 0 Å². The van der Waals surface area contributed by atoms with Gasteiger partial charge in [0.1, 0.15) is 0 Å². The van der Waals surface area contributed by atoms with E-state index in [2.05, 4.69) is 14.9 Å². The first kappa shape index (κ1) is 14.0. The summed E-state index contributed by atoms with van der Waals surface area (Å²) in [5.74, 6) is -0.834. The fourth-order valence-electron chi connectivity index (χ4n) is 2.93. The fourth-order valence-corrected chi connectivity index (χ4v) is 2.93. The van der Waals surface area contributed by atoms with Crippen LogP contribution in [-0.4, -0.2) is 9.55 Å². The zero-order valence-electron chi connectivity index (χ0n) is 11.9. The molecule has 1 N–H and O–H groups in total. The van der Waals surface area contributed by atoms with Gasteiger partial charge in [0, 0.05) is 25.0 Å². The highest BCUT2D eigenvalue weighted by Crippen LogP contribution is 2.30. The molecule has 0 amide bonds. The van der Waals surface area contributed by atoms with Gasteiger partial charge >= 0.3 is 0 Å². The number of nitrogens with zero attached hydrogens (tertiary/aromatic N) is 2. The Bertz CT molecular complexity index is 603. The van der Waals surface area contributed by atoms with Gasteiger partial charge in [-0.15, -0.1) is 0 Å². The maximum atomic E-state index is 13.2. The van der Waals surface area contributed by atoms with Crippen molar-refractivity contribution in [2.24, 2.45) is 0 Å². The van der Waals surface area contributed by atoms with Crippen LogP contribution in [0.15, 0.2) is 30.6 Å². The smallest absolute Gasteiger partial charge is 0.203 e. The number of anilines is 1. The molecular formula is C16H19F2N3. The Morgan fingerprint density at radius 1 is 1.14 bits per heavy atom. The van der Waals surface area contributed by atoms with Crippen molar-refractivity contribution >= 4 is 5.95 Å². The summed E-state index contributed by atoms with van der Waals surface area (Å²) in [6.07, 6.45) is 9.94. The third-order valence-electron chi connectivity index (χ3n) is 4.07. The van der Waals surface area contributed by atoms with E-state index in [1.54, 1.807) is 12.3 Å². The van der Waals surface area contributed by atoms with Crippen LogP contribution in [0.5, 0.6) is 0 Å². The van der Waals surface area contributed by atoms with E-state index in [1.807, 2.05) is 6.20 Å². The molecule has 0 spiro atoms. The molecule has 0 atom stereocenters. The van der Waals surface area contributed by atoms with E-state index in [9.17, 15) is 8.78 Å². The Balaban J connectivity index is 1.67. The standard InChI is InChI=1S/C16H19F2N3/c17-14-7-6-12(10-15(14)18)11-20-16-19-8-9-21(16)13-4-2-1-3-5-13/h6-10,13H,1-5,11H2,(H,19,20). The minimum absolute atomic E-state index is 0.431. The van der Waals surface area contributed by atoms with Crippen molar-refractivity contribution in [1.29, 1.82) is 0 Å². The van der Waals surface area contributed by atoms with E-state index in [-0.39, 0.29) is 0 Å². The van der Waals surface area contributed by atoms with Crippen LogP contribution in [0, 0.1) is 11.6 Å². The fraction of sp³-hybridized carbons (Fsp3) is 0.438. The average molecular weight is 291 g/mol. The number of aromatic nitrogens is 2. The van der Waals surface area contributed by atoms with Crippen molar-refractivity contribution in [3.8, 4) is 0 Å². The minimum atomic E-state index is -0.817. The van der Waals surface area contributed by atoms with Crippen LogP contribution < -0.4 is 5.32 Å². The molecule has 1 saturated carbocycles. The van der Waals surface area contributed by atoms with Crippen LogP contribution >= 0.6 is 0 Å². The van der Waals surface area contributed by atoms with Gasteiger partial charge in [-0.2, -0.15) is 0 Å². The summed E-state index contributed by atoms with van der Waals surface area (Å²) in [5.41, 5.74) is 0.701. The van der Waals surface area contributed by atoms with Gasteiger partial charge in [0.2, 0.25) is 5.95 Å². The number of hydrogen-bond donors (Lipinski definition) is 1. The zero-order chi connectivity index (χ0) is 14.7. The Morgan fingerprint density at radius 2 is 1.95 bits per heavy atom. The normalized spacial score (nSPS) is 16.1. The second-order valence-corrected chi connectivity index (χ2v) is 5.55. The average Bonchev–Trinajstić information content (AvgIpc) is 2.98. The van der Waals surface area contributed by atoms with Crippen LogP contribution in [0.3, 0.4) is 0 Å². The highest BCUT2D eigenvalue weighted by atomic mass is 19.2. The van der Waals surface area contributed by atoms with Crippen molar-refractivity contribution in [1.82, 2.24) is 9.55 Å². The molecule has 1 aliphatic carbocycles. The van der Waals surface area contributed by atoms with Gasteiger partial charge in [-0.05, 0) is 30.5 Å². The summed E-state index contributed by atoms with van der Waals surface area (Å²) in [6, 6.07) is 4.45. The third kappa shape index (κ3) is 3.23. The van der Waals surface area contributed by atoms with Crippen molar-refractivity contribution in [2.45, 2.75) is 44.7 Å². The lowest BCUT2D eigenvalue weighted by Crippen LogP contribution is -2.15. The number of halogens is 2. The lowest BCUT2D eigenvalue weighted by Gasteiger charge is -2.24. The molecule has 0 bridgehead atoms. The van der Waals surface area contributed by atoms with Crippen LogP contribution in [-0.2, 0) is 6.54 Å². The third-order valence-corrected chi connectivity index (χ3v) is 4.07. The quantitative estimate of drug-likeness (QED) is 0.911. The predicted octanol–water partition coefficient (Wildman–Crippen LogP) is 4.28. The van der Waals surface area contributed by atoms with Gasteiger partial charge < -0.3 is 9.88 Å². The van der Waals surface area contributed by atoms with Gasteiger partial charge in [-0.1, -0.05) is 25.3 Å². The molecular weight excluding hydrogens is 272 g/mol. The molecule has 3 rings (SSSR count). The zero-order valence-corrected chi connectivity index (χ0v) is 11.9. The lowest BCUT2D eigenvalue weighted by atomic mass is 9.95. The van der Waals surface area contributed by atoms with Gasteiger partial charge in [-0.3, -0.25) is 0 Å². The Morgan fingerprint density at radius 3 is 2.71 bits per heavy atom. The second-order valence-electron chi connectivity index (χ2n) is 5.55. The van der Waals surface area contributed by atoms with Crippen LogP contribution in [0.4, 0.5) is 14.7 Å². The van der Waals surface area contributed by atoms with Crippen molar-refractivity contribution < 1.29 is 8.78 Å². The van der Waals surface area contributed by atoms with Crippen LogP contribution in [0.2, 0.25) is 0 Å². The molecule has 0 aliphatic heterocycles. The van der Waals surface area contributed by atoms with E-state index >= 15 is 0 Å². The van der Waals surface area contributed by atoms with E-state index in [1.165, 1.54) is 38.2 Å². The molecule has 1 heterocycles. The molecule has 0 saturated heterocycles. The molecule has 112 valence electrons. The van der Waals surface area contributed by atoms with E-state index < -0.39 is 11.6 Å². The Labute approximate surface area is 123 Å². The van der Waals surface area contributed by atoms with Gasteiger partial charge in [0.15, 0.2) is 11.6 Å². The maximum Gasteiger partial charge on any atom is 0.203 e. The monoisotopic (exact) mass is 291 g/mol. The van der Waals surface area contributed by atoms with E-state index in [0.29, 0.717) is 18.2 Å². The number of imidazole rings is 1. The minimum Gasteiger partial charge on any atom is -0.352 e. The molecule has 3 nitrogen and oxygen atoms in total. The molecule has 0 unspecified atom stereocenters. The molecule has 1 aromatic carbocycles. The number of benzene rings is 1. The van der Waals surface area contributed by atoms with Crippen LogP contribution in [0.1, 0.15) is 43.7 Å². The van der Waals surface area contributed by atoms with Gasteiger partial charge in [0.05, 0.1) is 0 Å². The molecule has 1 aliphatic rings. The largest absolute Gasteiger partial charge is 0.352 e. The lowest BCUT2D eigenvalue weighted by molar-refractivity contribution is 0.356. The molecule has 1 fully saturated rings. The SMILES string of the molecule is Fc1ccc(CNc2nccn2C2CCCCC2)cc1F. The van der Waals surface area contributed by atoms with Crippen molar-refractivity contribution in [3.05, 3.63) is 47.8 Å². The van der Waals surface area contributed by atoms with E-state index in [4.69, 9.17) is 0 Å². The molecule has 2 aromatic rings. The summed E-state index contributed by atoms with van der Waals surface area (Å²) in [7, 11) is 0. The first-order valence-corrected chi connectivity index (χ1v) is 7.44. The topological polar surface area (TPSA) is 29.9 Å². The summed E-state index contributed by atoms with van der Waals surface area (Å²) in [6.45, 7) is 0.431. The van der Waals surface area contributed by atoms with E-state index in [0.717, 1.165) is 12.0 Å². The summed E-state index contributed by atoms with van der Waals surface area (Å²) >= 11 is 0. The Hall–Kier alpha value is -1.91. The maximum absolute atomic E-state index is 13.2. The van der Waals surface area contributed by atoms with Gasteiger partial charge in [-0.25, -0.2) is 13.8 Å². The first-order valence-electron chi connectivity index (χ1n) is 7.44. The number of hydrogen-bond acceptors (Lipinski definition) is 2. The molecule has 21 heavy (non-hydrogen) atoms. The highest BCUT2D eigenvalue weighted by Gasteiger charge is 2.17. The van der Waals surface area contributed by atoms with Crippen LogP contribution in [0.25, 0.3) is 0 Å². The van der Waals surface area contributed by atoms with Gasteiger partial charge in [0.25, 0.3) is 0 Å². The molecule has 0 radical (unpaired) electrons. The Kier molecular flexibility index (Phi) is 4.18. The summed E-state index contributed by atoms with van der Waals surface area (Å²) in [4.78, 5) is 4.33. The summed E-state index contributed by atoms with van der Waals surface area (Å²) in [5, 5.41) is 3.22.